The van der Waals surface area contributed by atoms with Gasteiger partial charge in [0.15, 0.2) is 0 Å². The normalized spacial score (nSPS) is 18.8. The largest absolute Gasteiger partial charge is 0.297 e. The van der Waals surface area contributed by atoms with Gasteiger partial charge in [-0.25, -0.2) is 9.97 Å². The highest BCUT2D eigenvalue weighted by Gasteiger charge is 2.25. The molecule has 6 rings (SSSR count). The van der Waals surface area contributed by atoms with E-state index < -0.39 is 0 Å². The Balaban J connectivity index is 1.24. The fourth-order valence-electron chi connectivity index (χ4n) is 4.60. The van der Waals surface area contributed by atoms with Gasteiger partial charge in [-0.1, -0.05) is 72.1 Å². The van der Waals surface area contributed by atoms with Crippen molar-refractivity contribution in [2.75, 3.05) is 6.67 Å². The molecule has 2 N–H and O–H groups in total. The molecular weight excluding hydrogens is 444 g/mol. The molecule has 0 fully saturated rings. The number of aromatic nitrogens is 2. The van der Waals surface area contributed by atoms with Gasteiger partial charge in [-0.2, -0.15) is 0 Å². The first kappa shape index (κ1) is 20.9. The van der Waals surface area contributed by atoms with Crippen LogP contribution in [0.2, 0.25) is 0 Å². The van der Waals surface area contributed by atoms with Gasteiger partial charge in [0.1, 0.15) is 10.1 Å². The van der Waals surface area contributed by atoms with Gasteiger partial charge in [0.25, 0.3) is 0 Å². The van der Waals surface area contributed by atoms with Crippen molar-refractivity contribution in [3.63, 3.8) is 0 Å². The molecule has 6 heteroatoms. The van der Waals surface area contributed by atoms with Gasteiger partial charge >= 0.3 is 0 Å². The zero-order valence-electron chi connectivity index (χ0n) is 18.1. The Kier molecular flexibility index (Phi) is 5.91. The molecule has 2 unspecified atom stereocenters. The van der Waals surface area contributed by atoms with Crippen LogP contribution in [-0.4, -0.2) is 16.6 Å². The highest BCUT2D eigenvalue weighted by molar-refractivity contribution is 7.99. The molecule has 33 heavy (non-hydrogen) atoms. The molecule has 4 heterocycles. The summed E-state index contributed by atoms with van der Waals surface area (Å²) in [6, 6.07) is 26.3. The summed E-state index contributed by atoms with van der Waals surface area (Å²) in [6.45, 7) is 0.721. The predicted molar refractivity (Wildman–Crippen MR) is 134 cm³/mol. The van der Waals surface area contributed by atoms with Gasteiger partial charge in [-0.3, -0.25) is 10.6 Å². The summed E-state index contributed by atoms with van der Waals surface area (Å²) in [4.78, 5) is 11.8. The van der Waals surface area contributed by atoms with E-state index in [0.29, 0.717) is 0 Å². The van der Waals surface area contributed by atoms with Gasteiger partial charge < -0.3 is 0 Å². The number of nitrogens with zero attached hydrogens (tertiary/aromatic N) is 2. The molecule has 0 aliphatic carbocycles. The minimum Gasteiger partial charge on any atom is -0.297 e. The summed E-state index contributed by atoms with van der Waals surface area (Å²) >= 11 is 3.55. The molecule has 4 nitrogen and oxygen atoms in total. The SMILES string of the molecule is c1cnc2c(c1)CC(NCNC1Cc3cccnc3Sc3ccccc31)c1ccccc1S2. The number of benzene rings is 2. The lowest BCUT2D eigenvalue weighted by atomic mass is 9.99. The topological polar surface area (TPSA) is 49.8 Å². The maximum absolute atomic E-state index is 4.63. The lowest BCUT2D eigenvalue weighted by Crippen LogP contribution is -2.36. The Bertz CT molecular complexity index is 1190. The quantitative estimate of drug-likeness (QED) is 0.369. The van der Waals surface area contributed by atoms with Gasteiger partial charge in [0.05, 0.1) is 0 Å². The number of hydrogen-bond acceptors (Lipinski definition) is 6. The van der Waals surface area contributed by atoms with E-state index in [1.165, 1.54) is 32.0 Å². The minimum atomic E-state index is 0.232. The second-order valence-electron chi connectivity index (χ2n) is 8.31. The van der Waals surface area contributed by atoms with Crippen LogP contribution in [0, 0.1) is 0 Å². The number of fused-ring (bicyclic) bond motifs is 4. The van der Waals surface area contributed by atoms with Crippen LogP contribution in [0.5, 0.6) is 0 Å². The van der Waals surface area contributed by atoms with E-state index in [2.05, 4.69) is 81.3 Å². The van der Waals surface area contributed by atoms with Crippen molar-refractivity contribution < 1.29 is 0 Å². The van der Waals surface area contributed by atoms with Crippen molar-refractivity contribution in [1.29, 1.82) is 0 Å². The molecule has 0 radical (unpaired) electrons. The molecule has 0 bridgehead atoms. The fraction of sp³-hybridized carbons (Fsp3) is 0.185. The van der Waals surface area contributed by atoms with Crippen LogP contribution in [-0.2, 0) is 12.8 Å². The summed E-state index contributed by atoms with van der Waals surface area (Å²) in [5, 5.41) is 9.84. The molecule has 2 aliphatic rings. The Morgan fingerprint density at radius 1 is 0.636 bits per heavy atom. The first-order valence-corrected chi connectivity index (χ1v) is 12.9. The molecule has 2 atom stereocenters. The summed E-state index contributed by atoms with van der Waals surface area (Å²) < 4.78 is 0. The van der Waals surface area contributed by atoms with Crippen LogP contribution in [0.15, 0.2) is 105 Å². The van der Waals surface area contributed by atoms with Crippen LogP contribution < -0.4 is 10.6 Å². The monoisotopic (exact) mass is 468 g/mol. The predicted octanol–water partition coefficient (Wildman–Crippen LogP) is 5.81. The summed E-state index contributed by atoms with van der Waals surface area (Å²) in [5.41, 5.74) is 5.28. The molecule has 0 amide bonds. The van der Waals surface area contributed by atoms with E-state index in [9.17, 15) is 0 Å². The summed E-state index contributed by atoms with van der Waals surface area (Å²) in [5.74, 6) is 0. The lowest BCUT2D eigenvalue weighted by molar-refractivity contribution is 0.434. The molecule has 0 spiro atoms. The van der Waals surface area contributed by atoms with E-state index in [1.807, 2.05) is 24.5 Å². The molecule has 2 aromatic heterocycles. The molecular formula is C27H24N4S2. The number of hydrogen-bond donors (Lipinski definition) is 2. The van der Waals surface area contributed by atoms with Crippen LogP contribution in [0.4, 0.5) is 0 Å². The van der Waals surface area contributed by atoms with Crippen LogP contribution in [0.3, 0.4) is 0 Å². The van der Waals surface area contributed by atoms with Crippen molar-refractivity contribution in [3.8, 4) is 0 Å². The average Bonchev–Trinajstić information content (AvgIpc) is 3.12. The molecule has 0 saturated heterocycles. The number of rotatable bonds is 4. The van der Waals surface area contributed by atoms with Crippen LogP contribution >= 0.6 is 23.5 Å². The lowest BCUT2D eigenvalue weighted by Gasteiger charge is -2.24. The standard InChI is InChI=1S/C27H24N4S2/c1-3-11-24-20(9-1)22(15-18-7-5-13-28-26(18)32-24)30-17-31-23-16-19-8-6-14-29-27(19)33-25-12-4-2-10-21(23)25/h1-14,22-23,30-31H,15-17H2. The third-order valence-electron chi connectivity index (χ3n) is 6.25. The van der Waals surface area contributed by atoms with Crippen molar-refractivity contribution in [2.45, 2.75) is 44.8 Å². The second-order valence-corrected chi connectivity index (χ2v) is 10.4. The first-order chi connectivity index (χ1) is 16.3. The van der Waals surface area contributed by atoms with Crippen molar-refractivity contribution in [2.24, 2.45) is 0 Å². The third kappa shape index (κ3) is 4.32. The maximum atomic E-state index is 4.63. The number of nitrogens with one attached hydrogen (secondary N) is 2. The molecule has 164 valence electrons. The first-order valence-electron chi connectivity index (χ1n) is 11.2. The molecule has 0 saturated carbocycles. The van der Waals surface area contributed by atoms with Gasteiger partial charge in [-0.05, 0) is 59.4 Å². The van der Waals surface area contributed by atoms with Crippen LogP contribution in [0.1, 0.15) is 34.3 Å². The van der Waals surface area contributed by atoms with Crippen LogP contribution in [0.25, 0.3) is 0 Å². The molecule has 4 aromatic rings. The average molecular weight is 469 g/mol. The number of pyridine rings is 2. The fourth-order valence-corrected chi connectivity index (χ4v) is 6.76. The van der Waals surface area contributed by atoms with E-state index in [4.69, 9.17) is 0 Å². The molecule has 2 aromatic carbocycles. The van der Waals surface area contributed by atoms with E-state index in [1.54, 1.807) is 23.5 Å². The van der Waals surface area contributed by atoms with E-state index in [-0.39, 0.29) is 12.1 Å². The van der Waals surface area contributed by atoms with Gasteiger partial charge in [0.2, 0.25) is 0 Å². The van der Waals surface area contributed by atoms with Crippen molar-refractivity contribution in [1.82, 2.24) is 20.6 Å². The van der Waals surface area contributed by atoms with Gasteiger partial charge in [0, 0.05) is 40.9 Å². The Labute approximate surface area is 202 Å². The Hall–Kier alpha value is -2.64. The van der Waals surface area contributed by atoms with Crippen molar-refractivity contribution >= 4 is 23.5 Å². The third-order valence-corrected chi connectivity index (χ3v) is 8.55. The van der Waals surface area contributed by atoms with Gasteiger partial charge in [-0.15, -0.1) is 0 Å². The zero-order chi connectivity index (χ0) is 22.0. The molecule has 2 aliphatic heterocycles. The van der Waals surface area contributed by atoms with E-state index in [0.717, 1.165) is 29.6 Å². The highest BCUT2D eigenvalue weighted by atomic mass is 32.2. The summed E-state index contributed by atoms with van der Waals surface area (Å²) in [7, 11) is 0. The second kappa shape index (κ2) is 9.31. The Morgan fingerprint density at radius 2 is 1.12 bits per heavy atom. The van der Waals surface area contributed by atoms with Crippen molar-refractivity contribution in [3.05, 3.63) is 107 Å². The smallest absolute Gasteiger partial charge is 0.104 e. The summed E-state index contributed by atoms with van der Waals surface area (Å²) in [6.07, 6.45) is 5.63. The maximum Gasteiger partial charge on any atom is 0.104 e. The Morgan fingerprint density at radius 3 is 1.64 bits per heavy atom. The van der Waals surface area contributed by atoms with E-state index >= 15 is 0 Å². The zero-order valence-corrected chi connectivity index (χ0v) is 19.7. The highest BCUT2D eigenvalue weighted by Crippen LogP contribution is 2.41. The minimum absolute atomic E-state index is 0.232.